The van der Waals surface area contributed by atoms with Gasteiger partial charge in [0.15, 0.2) is 0 Å². The fourth-order valence-corrected chi connectivity index (χ4v) is 4.82. The van der Waals surface area contributed by atoms with E-state index in [1.807, 2.05) is 0 Å². The molecule has 0 saturated carbocycles. The standard InChI is InChI=1S/C18H32N2O.ClH/c1-13(2)9-17-5-3-4-8-20(17)18(21)12-14-10-15-6-7-16(11-14)19-15;/h13-17,19H,3-12H2,1-2H3;1H. The third-order valence-corrected chi connectivity index (χ3v) is 5.72. The van der Waals surface area contributed by atoms with Crippen LogP contribution in [0.3, 0.4) is 0 Å². The Morgan fingerprint density at radius 3 is 2.45 bits per heavy atom. The van der Waals surface area contributed by atoms with E-state index in [9.17, 15) is 4.79 Å². The molecular weight excluding hydrogens is 296 g/mol. The number of carbonyl (C=O) groups is 1. The van der Waals surface area contributed by atoms with Crippen LogP contribution in [0.2, 0.25) is 0 Å². The molecule has 3 atom stereocenters. The van der Waals surface area contributed by atoms with Gasteiger partial charge in [0.1, 0.15) is 0 Å². The van der Waals surface area contributed by atoms with E-state index in [0.29, 0.717) is 35.9 Å². The third kappa shape index (κ3) is 4.38. The monoisotopic (exact) mass is 328 g/mol. The van der Waals surface area contributed by atoms with Crippen LogP contribution < -0.4 is 5.32 Å². The van der Waals surface area contributed by atoms with Crippen molar-refractivity contribution in [2.45, 2.75) is 89.8 Å². The number of carbonyl (C=O) groups excluding carboxylic acids is 1. The summed E-state index contributed by atoms with van der Waals surface area (Å²) in [7, 11) is 0. The van der Waals surface area contributed by atoms with Crippen molar-refractivity contribution in [3.8, 4) is 0 Å². The number of hydrogen-bond acceptors (Lipinski definition) is 2. The number of likely N-dealkylation sites (tertiary alicyclic amines) is 1. The molecule has 128 valence electrons. The molecule has 1 N–H and O–H groups in total. The molecule has 2 bridgehead atoms. The van der Waals surface area contributed by atoms with E-state index in [1.165, 1.54) is 51.4 Å². The van der Waals surface area contributed by atoms with Crippen LogP contribution in [-0.2, 0) is 4.79 Å². The highest BCUT2D eigenvalue weighted by Gasteiger charge is 2.36. The molecule has 3 fully saturated rings. The van der Waals surface area contributed by atoms with Gasteiger partial charge in [0.2, 0.25) is 5.91 Å². The van der Waals surface area contributed by atoms with Gasteiger partial charge in [-0.15, -0.1) is 12.4 Å². The first kappa shape index (κ1) is 18.1. The summed E-state index contributed by atoms with van der Waals surface area (Å²) in [6, 6.07) is 1.92. The van der Waals surface area contributed by atoms with E-state index in [-0.39, 0.29) is 12.4 Å². The summed E-state index contributed by atoms with van der Waals surface area (Å²) in [5.41, 5.74) is 0. The lowest BCUT2D eigenvalue weighted by Gasteiger charge is -2.38. The SMILES string of the molecule is CC(C)CC1CCCCN1C(=O)CC1CC2CCC(C1)N2.Cl. The fraction of sp³-hybridized carbons (Fsp3) is 0.944. The van der Waals surface area contributed by atoms with Crippen LogP contribution in [0.1, 0.15) is 71.6 Å². The van der Waals surface area contributed by atoms with Gasteiger partial charge in [0, 0.05) is 31.1 Å². The van der Waals surface area contributed by atoms with E-state index in [4.69, 9.17) is 0 Å². The Morgan fingerprint density at radius 2 is 1.82 bits per heavy atom. The minimum Gasteiger partial charge on any atom is -0.340 e. The van der Waals surface area contributed by atoms with Gasteiger partial charge in [0.05, 0.1) is 0 Å². The molecule has 0 spiro atoms. The zero-order valence-corrected chi connectivity index (χ0v) is 15.0. The molecule has 3 aliphatic rings. The van der Waals surface area contributed by atoms with Crippen molar-refractivity contribution < 1.29 is 4.79 Å². The summed E-state index contributed by atoms with van der Waals surface area (Å²) < 4.78 is 0. The van der Waals surface area contributed by atoms with Crippen molar-refractivity contribution in [2.24, 2.45) is 11.8 Å². The van der Waals surface area contributed by atoms with Gasteiger partial charge in [-0.05, 0) is 63.2 Å². The quantitative estimate of drug-likeness (QED) is 0.852. The summed E-state index contributed by atoms with van der Waals surface area (Å²) in [6.45, 7) is 5.57. The molecule has 4 heteroatoms. The maximum atomic E-state index is 12.8. The molecule has 0 aromatic carbocycles. The number of amides is 1. The lowest BCUT2D eigenvalue weighted by atomic mass is 9.88. The van der Waals surface area contributed by atoms with Gasteiger partial charge in [-0.3, -0.25) is 4.79 Å². The number of halogens is 1. The zero-order valence-electron chi connectivity index (χ0n) is 14.2. The van der Waals surface area contributed by atoms with Crippen LogP contribution >= 0.6 is 12.4 Å². The highest BCUT2D eigenvalue weighted by atomic mass is 35.5. The van der Waals surface area contributed by atoms with Gasteiger partial charge in [0.25, 0.3) is 0 Å². The Labute approximate surface area is 142 Å². The van der Waals surface area contributed by atoms with E-state index >= 15 is 0 Å². The van der Waals surface area contributed by atoms with Crippen molar-refractivity contribution in [1.29, 1.82) is 0 Å². The zero-order chi connectivity index (χ0) is 14.8. The molecular formula is C18H33ClN2O. The lowest BCUT2D eigenvalue weighted by Crippen LogP contribution is -2.46. The molecule has 3 nitrogen and oxygen atoms in total. The summed E-state index contributed by atoms with van der Waals surface area (Å²) in [4.78, 5) is 15.0. The minimum absolute atomic E-state index is 0. The number of nitrogens with zero attached hydrogens (tertiary/aromatic N) is 1. The van der Waals surface area contributed by atoms with Gasteiger partial charge in [-0.1, -0.05) is 13.8 Å². The largest absolute Gasteiger partial charge is 0.340 e. The summed E-state index contributed by atoms with van der Waals surface area (Å²) >= 11 is 0. The van der Waals surface area contributed by atoms with Gasteiger partial charge < -0.3 is 10.2 Å². The predicted molar refractivity (Wildman–Crippen MR) is 93.3 cm³/mol. The molecule has 0 radical (unpaired) electrons. The lowest BCUT2D eigenvalue weighted by molar-refractivity contribution is -0.136. The van der Waals surface area contributed by atoms with Gasteiger partial charge in [-0.2, -0.15) is 0 Å². The number of nitrogens with one attached hydrogen (secondary N) is 1. The molecule has 3 aliphatic heterocycles. The molecule has 3 heterocycles. The van der Waals surface area contributed by atoms with Crippen LogP contribution in [0.4, 0.5) is 0 Å². The van der Waals surface area contributed by atoms with Crippen molar-refractivity contribution >= 4 is 18.3 Å². The maximum absolute atomic E-state index is 12.8. The second-order valence-electron chi connectivity index (χ2n) is 8.05. The molecule has 0 aromatic heterocycles. The fourth-order valence-electron chi connectivity index (χ4n) is 4.82. The van der Waals surface area contributed by atoms with Crippen LogP contribution in [0.5, 0.6) is 0 Å². The molecule has 1 amide bonds. The van der Waals surface area contributed by atoms with E-state index < -0.39 is 0 Å². The second kappa shape index (κ2) is 8.01. The number of fused-ring (bicyclic) bond motifs is 2. The maximum Gasteiger partial charge on any atom is 0.223 e. The van der Waals surface area contributed by atoms with Crippen LogP contribution in [-0.4, -0.2) is 35.5 Å². The first-order valence-electron chi connectivity index (χ1n) is 9.17. The number of piperidine rings is 2. The third-order valence-electron chi connectivity index (χ3n) is 5.72. The molecule has 3 rings (SSSR count). The molecule has 22 heavy (non-hydrogen) atoms. The van der Waals surface area contributed by atoms with Gasteiger partial charge in [-0.25, -0.2) is 0 Å². The average Bonchev–Trinajstić information content (AvgIpc) is 2.78. The first-order valence-corrected chi connectivity index (χ1v) is 9.17. The van der Waals surface area contributed by atoms with Crippen molar-refractivity contribution in [3.63, 3.8) is 0 Å². The van der Waals surface area contributed by atoms with Crippen LogP contribution in [0, 0.1) is 11.8 Å². The highest BCUT2D eigenvalue weighted by Crippen LogP contribution is 2.34. The minimum atomic E-state index is 0. The Morgan fingerprint density at radius 1 is 1.14 bits per heavy atom. The van der Waals surface area contributed by atoms with Crippen LogP contribution in [0.25, 0.3) is 0 Å². The average molecular weight is 329 g/mol. The molecule has 3 unspecified atom stereocenters. The van der Waals surface area contributed by atoms with E-state index in [2.05, 4.69) is 24.1 Å². The topological polar surface area (TPSA) is 32.3 Å². The summed E-state index contributed by atoms with van der Waals surface area (Å²) in [5, 5.41) is 3.68. The number of rotatable bonds is 4. The first-order chi connectivity index (χ1) is 10.1. The normalized spacial score (nSPS) is 34.6. The summed E-state index contributed by atoms with van der Waals surface area (Å²) in [5.74, 6) is 1.78. The molecule has 0 aromatic rings. The smallest absolute Gasteiger partial charge is 0.223 e. The van der Waals surface area contributed by atoms with E-state index in [0.717, 1.165) is 13.0 Å². The Bertz CT molecular complexity index is 362. The van der Waals surface area contributed by atoms with Crippen molar-refractivity contribution in [3.05, 3.63) is 0 Å². The second-order valence-corrected chi connectivity index (χ2v) is 8.05. The van der Waals surface area contributed by atoms with Crippen molar-refractivity contribution in [2.75, 3.05) is 6.54 Å². The Kier molecular flexibility index (Phi) is 6.58. The molecule has 0 aliphatic carbocycles. The van der Waals surface area contributed by atoms with Gasteiger partial charge >= 0.3 is 0 Å². The summed E-state index contributed by atoms with van der Waals surface area (Å²) in [6.07, 6.45) is 10.8. The predicted octanol–water partition coefficient (Wildman–Crippen LogP) is 3.76. The highest BCUT2D eigenvalue weighted by molar-refractivity contribution is 5.85. The Balaban J connectivity index is 0.00000176. The van der Waals surface area contributed by atoms with E-state index in [1.54, 1.807) is 0 Å². The van der Waals surface area contributed by atoms with Crippen LogP contribution in [0.15, 0.2) is 0 Å². The molecule has 3 saturated heterocycles. The Hall–Kier alpha value is -0.280. The van der Waals surface area contributed by atoms with Crippen molar-refractivity contribution in [1.82, 2.24) is 10.2 Å². The number of hydrogen-bond donors (Lipinski definition) is 1.